The number of ether oxygens (including phenoxy) is 1. The highest BCUT2D eigenvalue weighted by Crippen LogP contribution is 2.17. The quantitative estimate of drug-likeness (QED) is 0.222. The fourth-order valence-electron chi connectivity index (χ4n) is 3.02. The second-order valence-corrected chi connectivity index (χ2v) is 7.10. The lowest BCUT2D eigenvalue weighted by Crippen LogP contribution is -2.48. The number of aliphatic imine (C=N–C) groups is 1. The van der Waals surface area contributed by atoms with Crippen molar-refractivity contribution < 1.29 is 4.74 Å². The lowest BCUT2D eigenvalue weighted by Gasteiger charge is -2.35. The van der Waals surface area contributed by atoms with Crippen LogP contribution in [0.1, 0.15) is 33.1 Å². The molecule has 0 aromatic rings. The van der Waals surface area contributed by atoms with Crippen LogP contribution in [0.25, 0.3) is 0 Å². The summed E-state index contributed by atoms with van der Waals surface area (Å²) < 4.78 is 5.09. The number of hydrogen-bond donors (Lipinski definition) is 2. The van der Waals surface area contributed by atoms with E-state index in [0.717, 1.165) is 51.1 Å². The van der Waals surface area contributed by atoms with Crippen LogP contribution in [-0.2, 0) is 4.74 Å². The maximum atomic E-state index is 5.09. The molecule has 25 heavy (non-hydrogen) atoms. The Bertz CT molecular complexity index is 348. The van der Waals surface area contributed by atoms with Crippen LogP contribution in [0, 0.1) is 5.92 Å². The van der Waals surface area contributed by atoms with E-state index < -0.39 is 0 Å². The molecule has 0 aromatic carbocycles. The van der Waals surface area contributed by atoms with Gasteiger partial charge in [-0.05, 0) is 52.2 Å². The van der Waals surface area contributed by atoms with Gasteiger partial charge in [-0.3, -0.25) is 9.89 Å². The third-order valence-electron chi connectivity index (χ3n) is 4.90. The van der Waals surface area contributed by atoms with Crippen LogP contribution in [0.2, 0.25) is 0 Å². The van der Waals surface area contributed by atoms with Gasteiger partial charge in [-0.15, -0.1) is 24.0 Å². The van der Waals surface area contributed by atoms with E-state index in [1.807, 2.05) is 7.05 Å². The first-order valence-corrected chi connectivity index (χ1v) is 9.42. The monoisotopic (exact) mass is 469 g/mol. The summed E-state index contributed by atoms with van der Waals surface area (Å²) in [6.07, 6.45) is 3.73. The predicted molar refractivity (Wildman–Crippen MR) is 118 cm³/mol. The number of likely N-dealkylation sites (tertiary alicyclic amines) is 1. The average Bonchev–Trinajstić information content (AvgIpc) is 2.58. The molecule has 0 aliphatic carbocycles. The molecule has 1 atom stereocenters. The van der Waals surface area contributed by atoms with Crippen molar-refractivity contribution in [3.63, 3.8) is 0 Å². The Morgan fingerprint density at radius 2 is 1.96 bits per heavy atom. The Morgan fingerprint density at radius 1 is 1.28 bits per heavy atom. The topological polar surface area (TPSA) is 52.1 Å². The first-order valence-electron chi connectivity index (χ1n) is 9.42. The normalized spacial score (nSPS) is 18.1. The standard InChI is InChI=1S/C18H39N5O.HI/c1-16-7-11-23(12-8-16)17(2)15-21-18(19-3)20-9-13-22(4)10-6-14-24-5;/h16-17H,6-15H2,1-5H3,(H2,19,20,21);1H. The first-order chi connectivity index (χ1) is 11.6. The molecule has 0 amide bonds. The van der Waals surface area contributed by atoms with Crippen molar-refractivity contribution in [2.45, 2.75) is 39.2 Å². The molecule has 1 heterocycles. The Kier molecular flexibility index (Phi) is 14.9. The molecule has 0 aromatic heterocycles. The highest BCUT2D eigenvalue weighted by Gasteiger charge is 2.20. The second kappa shape index (κ2) is 15.0. The van der Waals surface area contributed by atoms with Crippen LogP contribution in [0.5, 0.6) is 0 Å². The van der Waals surface area contributed by atoms with E-state index in [-0.39, 0.29) is 24.0 Å². The summed E-state index contributed by atoms with van der Waals surface area (Å²) in [5, 5.41) is 6.87. The third kappa shape index (κ3) is 11.2. The van der Waals surface area contributed by atoms with Gasteiger partial charge in [-0.1, -0.05) is 6.92 Å². The Labute approximate surface area is 172 Å². The highest BCUT2D eigenvalue weighted by atomic mass is 127. The van der Waals surface area contributed by atoms with Crippen molar-refractivity contribution >= 4 is 29.9 Å². The Hall–Kier alpha value is -0.120. The van der Waals surface area contributed by atoms with Crippen molar-refractivity contribution in [3.05, 3.63) is 0 Å². The van der Waals surface area contributed by atoms with Crippen molar-refractivity contribution in [1.82, 2.24) is 20.4 Å². The van der Waals surface area contributed by atoms with Crippen LogP contribution < -0.4 is 10.6 Å². The molecule has 1 aliphatic heterocycles. The van der Waals surface area contributed by atoms with E-state index in [0.29, 0.717) is 6.04 Å². The molecule has 1 aliphatic rings. The molecule has 150 valence electrons. The zero-order chi connectivity index (χ0) is 17.8. The van der Waals surface area contributed by atoms with Gasteiger partial charge in [-0.2, -0.15) is 0 Å². The van der Waals surface area contributed by atoms with Gasteiger partial charge in [0.25, 0.3) is 0 Å². The van der Waals surface area contributed by atoms with Gasteiger partial charge in [0.1, 0.15) is 0 Å². The lowest BCUT2D eigenvalue weighted by atomic mass is 9.98. The zero-order valence-electron chi connectivity index (χ0n) is 16.9. The smallest absolute Gasteiger partial charge is 0.191 e. The number of nitrogens with zero attached hydrogens (tertiary/aromatic N) is 3. The molecule has 0 spiro atoms. The number of guanidine groups is 1. The summed E-state index contributed by atoms with van der Waals surface area (Å²) in [4.78, 5) is 9.23. The van der Waals surface area contributed by atoms with Gasteiger partial charge in [0, 0.05) is 53.0 Å². The summed E-state index contributed by atoms with van der Waals surface area (Å²) in [6.45, 7) is 11.9. The predicted octanol–water partition coefficient (Wildman–Crippen LogP) is 1.86. The molecule has 1 saturated heterocycles. The zero-order valence-corrected chi connectivity index (χ0v) is 19.2. The van der Waals surface area contributed by atoms with Gasteiger partial charge in [0.15, 0.2) is 5.96 Å². The number of piperidine rings is 1. The van der Waals surface area contributed by atoms with E-state index in [1.54, 1.807) is 7.11 Å². The molecule has 1 unspecified atom stereocenters. The number of rotatable bonds is 10. The summed E-state index contributed by atoms with van der Waals surface area (Å²) >= 11 is 0. The third-order valence-corrected chi connectivity index (χ3v) is 4.90. The van der Waals surface area contributed by atoms with Crippen LogP contribution >= 0.6 is 24.0 Å². The highest BCUT2D eigenvalue weighted by molar-refractivity contribution is 14.0. The van der Waals surface area contributed by atoms with Crippen LogP contribution in [0.15, 0.2) is 4.99 Å². The number of nitrogens with one attached hydrogen (secondary N) is 2. The summed E-state index contributed by atoms with van der Waals surface area (Å²) in [5.41, 5.74) is 0. The number of hydrogen-bond acceptors (Lipinski definition) is 4. The van der Waals surface area contributed by atoms with Gasteiger partial charge >= 0.3 is 0 Å². The van der Waals surface area contributed by atoms with E-state index >= 15 is 0 Å². The molecule has 6 nitrogen and oxygen atoms in total. The van der Waals surface area contributed by atoms with Crippen molar-refractivity contribution in [2.24, 2.45) is 10.9 Å². The van der Waals surface area contributed by atoms with E-state index in [1.165, 1.54) is 25.9 Å². The number of halogens is 1. The van der Waals surface area contributed by atoms with E-state index in [4.69, 9.17) is 4.74 Å². The SMILES string of the molecule is CN=C(NCCN(C)CCCOC)NCC(C)N1CCC(C)CC1.I. The summed E-state index contributed by atoms with van der Waals surface area (Å²) in [6, 6.07) is 0.549. The molecule has 1 fully saturated rings. The molecule has 2 N–H and O–H groups in total. The fourth-order valence-corrected chi connectivity index (χ4v) is 3.02. The largest absolute Gasteiger partial charge is 0.385 e. The molecule has 1 rings (SSSR count). The van der Waals surface area contributed by atoms with Crippen molar-refractivity contribution in [3.8, 4) is 0 Å². The van der Waals surface area contributed by atoms with E-state index in [2.05, 4.69) is 46.3 Å². The van der Waals surface area contributed by atoms with Gasteiger partial charge in [0.2, 0.25) is 0 Å². The second-order valence-electron chi connectivity index (χ2n) is 7.10. The minimum Gasteiger partial charge on any atom is -0.385 e. The fraction of sp³-hybridized carbons (Fsp3) is 0.944. The number of methoxy groups -OCH3 is 1. The van der Waals surface area contributed by atoms with Gasteiger partial charge in [-0.25, -0.2) is 0 Å². The minimum atomic E-state index is 0. The number of likely N-dealkylation sites (N-methyl/N-ethyl adjacent to an activating group) is 1. The molecule has 0 bridgehead atoms. The summed E-state index contributed by atoms with van der Waals surface area (Å²) in [5.74, 6) is 1.79. The van der Waals surface area contributed by atoms with Gasteiger partial charge < -0.3 is 20.3 Å². The molecular formula is C18H40IN5O. The molecule has 7 heteroatoms. The molecule has 0 radical (unpaired) electrons. The Morgan fingerprint density at radius 3 is 2.56 bits per heavy atom. The van der Waals surface area contributed by atoms with Gasteiger partial charge in [0.05, 0.1) is 0 Å². The Balaban J connectivity index is 0.00000576. The van der Waals surface area contributed by atoms with E-state index in [9.17, 15) is 0 Å². The summed E-state index contributed by atoms with van der Waals surface area (Å²) in [7, 11) is 5.74. The average molecular weight is 469 g/mol. The lowest BCUT2D eigenvalue weighted by molar-refractivity contribution is 0.147. The maximum Gasteiger partial charge on any atom is 0.191 e. The first kappa shape index (κ1) is 24.9. The molecular weight excluding hydrogens is 429 g/mol. The maximum absolute atomic E-state index is 5.09. The minimum absolute atomic E-state index is 0. The van der Waals surface area contributed by atoms with Crippen molar-refractivity contribution in [2.75, 3.05) is 67.1 Å². The van der Waals surface area contributed by atoms with Crippen molar-refractivity contribution in [1.29, 1.82) is 0 Å². The molecule has 0 saturated carbocycles. The van der Waals surface area contributed by atoms with Crippen LogP contribution in [-0.4, -0.2) is 88.9 Å². The van der Waals surface area contributed by atoms with Crippen LogP contribution in [0.3, 0.4) is 0 Å². The van der Waals surface area contributed by atoms with Crippen LogP contribution in [0.4, 0.5) is 0 Å².